The van der Waals surface area contributed by atoms with E-state index in [0.29, 0.717) is 19.5 Å². The molecule has 1 N–H and O–H groups in total. The van der Waals surface area contributed by atoms with Crippen molar-refractivity contribution in [2.24, 2.45) is 5.16 Å². The van der Waals surface area contributed by atoms with Gasteiger partial charge in [-0.05, 0) is 30.9 Å². The van der Waals surface area contributed by atoms with Crippen LogP contribution >= 0.6 is 0 Å². The van der Waals surface area contributed by atoms with Crippen LogP contribution in [0.5, 0.6) is 0 Å². The summed E-state index contributed by atoms with van der Waals surface area (Å²) in [4.78, 5) is 20.3. The number of carbonyl (C=O) groups is 1. The van der Waals surface area contributed by atoms with Crippen molar-refractivity contribution >= 4 is 28.2 Å². The second-order valence-corrected chi connectivity index (χ2v) is 7.33. The average molecular weight is 387 g/mol. The third-order valence-electron chi connectivity index (χ3n) is 5.24. The van der Waals surface area contributed by atoms with Crippen molar-refractivity contribution in [1.29, 1.82) is 0 Å². The first-order valence-electron chi connectivity index (χ1n) is 9.97. The maximum Gasteiger partial charge on any atom is 0.321 e. The molecule has 0 aliphatic carbocycles. The van der Waals surface area contributed by atoms with Crippen LogP contribution in [-0.4, -0.2) is 35.8 Å². The van der Waals surface area contributed by atoms with Gasteiger partial charge in [0.05, 0.1) is 17.9 Å². The van der Waals surface area contributed by atoms with Gasteiger partial charge in [0.25, 0.3) is 0 Å². The summed E-state index contributed by atoms with van der Waals surface area (Å²) in [6.45, 7) is 5.12. The molecule has 4 rings (SSSR count). The van der Waals surface area contributed by atoms with Crippen LogP contribution in [0.1, 0.15) is 24.5 Å². The Labute approximate surface area is 171 Å². The van der Waals surface area contributed by atoms with Crippen LogP contribution in [0.15, 0.2) is 71.9 Å². The Morgan fingerprint density at radius 2 is 1.86 bits per heavy atom. The van der Waals surface area contributed by atoms with E-state index in [1.807, 2.05) is 49.4 Å². The van der Waals surface area contributed by atoms with Gasteiger partial charge in [0.15, 0.2) is 6.10 Å². The first kappa shape index (κ1) is 19.0. The standard InChI is InChI=1S/C24H25N3O2/c1-3-27(16-20-15-23(26-29-20)19-13-11-17(2)12-14-19)24(28)25-22-10-6-8-18-7-4-5-9-21(18)22/h4-14,20H,3,15-16H2,1-2H3,(H,25,28). The molecule has 1 heterocycles. The van der Waals surface area contributed by atoms with Crippen molar-refractivity contribution in [3.05, 3.63) is 77.9 Å². The topological polar surface area (TPSA) is 53.9 Å². The summed E-state index contributed by atoms with van der Waals surface area (Å²) >= 11 is 0. The summed E-state index contributed by atoms with van der Waals surface area (Å²) in [6.07, 6.45) is 0.561. The fourth-order valence-electron chi connectivity index (χ4n) is 3.57. The molecule has 0 aromatic heterocycles. The van der Waals surface area contributed by atoms with E-state index >= 15 is 0 Å². The smallest absolute Gasteiger partial charge is 0.321 e. The number of benzene rings is 3. The van der Waals surface area contributed by atoms with Gasteiger partial charge in [-0.15, -0.1) is 0 Å². The highest BCUT2D eigenvalue weighted by atomic mass is 16.6. The highest BCUT2D eigenvalue weighted by Crippen LogP contribution is 2.24. The number of carbonyl (C=O) groups excluding carboxylic acids is 1. The number of amides is 2. The van der Waals surface area contributed by atoms with Crippen molar-refractivity contribution in [1.82, 2.24) is 4.90 Å². The maximum atomic E-state index is 12.9. The molecule has 5 heteroatoms. The normalized spacial score (nSPS) is 15.7. The number of anilines is 1. The number of hydrogen-bond acceptors (Lipinski definition) is 3. The highest BCUT2D eigenvalue weighted by Gasteiger charge is 2.26. The molecule has 1 unspecified atom stereocenters. The van der Waals surface area contributed by atoms with E-state index < -0.39 is 0 Å². The number of urea groups is 1. The largest absolute Gasteiger partial charge is 0.390 e. The van der Waals surface area contributed by atoms with E-state index in [-0.39, 0.29) is 12.1 Å². The van der Waals surface area contributed by atoms with Gasteiger partial charge in [0, 0.05) is 18.4 Å². The molecule has 0 bridgehead atoms. The summed E-state index contributed by atoms with van der Waals surface area (Å²) in [5.41, 5.74) is 4.03. The van der Waals surface area contributed by atoms with E-state index in [1.54, 1.807) is 4.90 Å². The lowest BCUT2D eigenvalue weighted by Gasteiger charge is -2.24. The minimum Gasteiger partial charge on any atom is -0.390 e. The second kappa shape index (κ2) is 8.35. The molecule has 0 fully saturated rings. The van der Waals surface area contributed by atoms with Crippen molar-refractivity contribution < 1.29 is 9.63 Å². The molecule has 3 aromatic rings. The minimum absolute atomic E-state index is 0.128. The summed E-state index contributed by atoms with van der Waals surface area (Å²) < 4.78 is 0. The molecule has 0 saturated carbocycles. The Balaban J connectivity index is 1.40. The first-order valence-corrected chi connectivity index (χ1v) is 9.97. The van der Waals surface area contributed by atoms with E-state index in [1.165, 1.54) is 5.56 Å². The van der Waals surface area contributed by atoms with Gasteiger partial charge in [0.1, 0.15) is 0 Å². The summed E-state index contributed by atoms with van der Waals surface area (Å²) in [6, 6.07) is 22.1. The quantitative estimate of drug-likeness (QED) is 0.655. The molecule has 0 saturated heterocycles. The van der Waals surface area contributed by atoms with Gasteiger partial charge in [-0.3, -0.25) is 0 Å². The zero-order valence-electron chi connectivity index (χ0n) is 16.8. The van der Waals surface area contributed by atoms with Crippen LogP contribution in [-0.2, 0) is 4.84 Å². The van der Waals surface area contributed by atoms with Gasteiger partial charge < -0.3 is 15.1 Å². The molecule has 148 valence electrons. The summed E-state index contributed by atoms with van der Waals surface area (Å²) in [5.74, 6) is 0. The van der Waals surface area contributed by atoms with Crippen molar-refractivity contribution in [3.8, 4) is 0 Å². The van der Waals surface area contributed by atoms with Gasteiger partial charge in [-0.2, -0.15) is 0 Å². The Morgan fingerprint density at radius 1 is 1.10 bits per heavy atom. The van der Waals surface area contributed by atoms with Crippen LogP contribution in [0, 0.1) is 6.92 Å². The van der Waals surface area contributed by atoms with Crippen molar-refractivity contribution in [2.75, 3.05) is 18.4 Å². The molecule has 29 heavy (non-hydrogen) atoms. The number of aryl methyl sites for hydroxylation is 1. The number of likely N-dealkylation sites (N-methyl/N-ethyl adjacent to an activating group) is 1. The Hall–Kier alpha value is -3.34. The molecule has 0 spiro atoms. The Morgan fingerprint density at radius 3 is 2.66 bits per heavy atom. The SMILES string of the molecule is CCN(CC1CC(c2ccc(C)cc2)=NO1)C(=O)Nc1cccc2ccccc12. The number of nitrogens with zero attached hydrogens (tertiary/aromatic N) is 2. The van der Waals surface area contributed by atoms with Crippen molar-refractivity contribution in [2.45, 2.75) is 26.4 Å². The zero-order chi connectivity index (χ0) is 20.2. The van der Waals surface area contributed by atoms with Gasteiger partial charge in [-0.1, -0.05) is 71.4 Å². The monoisotopic (exact) mass is 387 g/mol. The molecular formula is C24H25N3O2. The number of rotatable bonds is 5. The summed E-state index contributed by atoms with van der Waals surface area (Å²) in [7, 11) is 0. The van der Waals surface area contributed by atoms with Crippen molar-refractivity contribution in [3.63, 3.8) is 0 Å². The predicted octanol–water partition coefficient (Wildman–Crippen LogP) is 5.20. The van der Waals surface area contributed by atoms with Crippen LogP contribution < -0.4 is 5.32 Å². The molecule has 5 nitrogen and oxygen atoms in total. The molecule has 1 aliphatic heterocycles. The molecule has 0 radical (unpaired) electrons. The molecule has 1 aliphatic rings. The van der Waals surface area contributed by atoms with Gasteiger partial charge in [0.2, 0.25) is 0 Å². The first-order chi connectivity index (χ1) is 14.1. The zero-order valence-corrected chi connectivity index (χ0v) is 16.8. The van der Waals surface area contributed by atoms with E-state index in [2.05, 4.69) is 41.7 Å². The third kappa shape index (κ3) is 4.24. The molecule has 1 atom stereocenters. The van der Waals surface area contributed by atoms with Gasteiger partial charge in [-0.25, -0.2) is 4.79 Å². The summed E-state index contributed by atoms with van der Waals surface area (Å²) in [5, 5.41) is 9.43. The maximum absolute atomic E-state index is 12.9. The fraction of sp³-hybridized carbons (Fsp3) is 0.250. The van der Waals surface area contributed by atoms with Gasteiger partial charge >= 0.3 is 6.03 Å². The average Bonchev–Trinajstić information content (AvgIpc) is 3.21. The van der Waals surface area contributed by atoms with Crippen LogP contribution in [0.4, 0.5) is 10.5 Å². The van der Waals surface area contributed by atoms with Crippen LogP contribution in [0.3, 0.4) is 0 Å². The molecular weight excluding hydrogens is 362 g/mol. The number of oxime groups is 1. The molecule has 2 amide bonds. The van der Waals surface area contributed by atoms with E-state index in [9.17, 15) is 4.79 Å². The lowest BCUT2D eigenvalue weighted by Crippen LogP contribution is -2.40. The van der Waals surface area contributed by atoms with Crippen LogP contribution in [0.2, 0.25) is 0 Å². The lowest BCUT2D eigenvalue weighted by atomic mass is 10.0. The third-order valence-corrected chi connectivity index (χ3v) is 5.24. The minimum atomic E-state index is -0.135. The van der Waals surface area contributed by atoms with E-state index in [0.717, 1.165) is 27.7 Å². The van der Waals surface area contributed by atoms with Crippen LogP contribution in [0.25, 0.3) is 10.8 Å². The number of hydrogen-bond donors (Lipinski definition) is 1. The second-order valence-electron chi connectivity index (χ2n) is 7.33. The number of fused-ring (bicyclic) bond motifs is 1. The Bertz CT molecular complexity index is 1040. The lowest BCUT2D eigenvalue weighted by molar-refractivity contribution is 0.0634. The Kier molecular flexibility index (Phi) is 5.47. The molecule has 3 aromatic carbocycles. The highest BCUT2D eigenvalue weighted by molar-refractivity contribution is 6.02. The number of nitrogens with one attached hydrogen (secondary N) is 1. The fourth-order valence-corrected chi connectivity index (χ4v) is 3.57. The predicted molar refractivity (Wildman–Crippen MR) is 117 cm³/mol. The van der Waals surface area contributed by atoms with E-state index in [4.69, 9.17) is 4.84 Å².